The van der Waals surface area contributed by atoms with E-state index in [1.54, 1.807) is 11.1 Å². The van der Waals surface area contributed by atoms with Crippen LogP contribution in [0.4, 0.5) is 0 Å². The summed E-state index contributed by atoms with van der Waals surface area (Å²) in [4.78, 5) is 22.9. The van der Waals surface area contributed by atoms with Crippen LogP contribution in [0.2, 0.25) is 0 Å². The monoisotopic (exact) mass is 415 g/mol. The maximum Gasteiger partial charge on any atom is 0.273 e. The molecule has 1 aliphatic rings. The van der Waals surface area contributed by atoms with Crippen molar-refractivity contribution in [3.63, 3.8) is 0 Å². The van der Waals surface area contributed by atoms with E-state index in [9.17, 15) is 4.79 Å². The summed E-state index contributed by atoms with van der Waals surface area (Å²) < 4.78 is 6.61. The number of amides is 1. The fourth-order valence-electron chi connectivity index (χ4n) is 2.54. The Balaban J connectivity index is 1.37. The number of nitrogens with zero attached hydrogens (tertiary/aromatic N) is 3. The predicted molar refractivity (Wildman–Crippen MR) is 99.8 cm³/mol. The van der Waals surface area contributed by atoms with Crippen LogP contribution >= 0.6 is 27.3 Å². The van der Waals surface area contributed by atoms with Gasteiger partial charge in [-0.2, -0.15) is 0 Å². The third-order valence-electron chi connectivity index (χ3n) is 3.88. The third-order valence-corrected chi connectivity index (χ3v) is 5.38. The number of pyridine rings is 1. The molecule has 1 fully saturated rings. The molecular formula is C18H14BrN3O2S. The lowest BCUT2D eigenvalue weighted by molar-refractivity contribution is 0.0153. The van der Waals surface area contributed by atoms with Crippen molar-refractivity contribution in [2.75, 3.05) is 13.1 Å². The fraction of sp³-hybridized carbons (Fsp3) is 0.167. The quantitative estimate of drug-likeness (QED) is 0.648. The van der Waals surface area contributed by atoms with Gasteiger partial charge in [0.05, 0.1) is 17.6 Å². The van der Waals surface area contributed by atoms with Crippen molar-refractivity contribution in [1.82, 2.24) is 14.9 Å². The van der Waals surface area contributed by atoms with Crippen LogP contribution in [0.5, 0.6) is 5.88 Å². The standard InChI is InChI=1S/C18H14BrN3O2S/c19-14-7-4-8-20-16(14)24-13-9-22(10-13)18(23)15-11-25-17(21-15)12-5-2-1-3-6-12/h1-8,11,13H,9-10H2. The lowest BCUT2D eigenvalue weighted by atomic mass is 10.1. The molecule has 126 valence electrons. The Morgan fingerprint density at radius 2 is 2.00 bits per heavy atom. The Morgan fingerprint density at radius 3 is 2.76 bits per heavy atom. The highest BCUT2D eigenvalue weighted by molar-refractivity contribution is 9.10. The molecule has 1 saturated heterocycles. The van der Waals surface area contributed by atoms with Gasteiger partial charge >= 0.3 is 0 Å². The molecule has 3 aromatic rings. The van der Waals surface area contributed by atoms with Gasteiger partial charge in [0.1, 0.15) is 16.8 Å². The topological polar surface area (TPSA) is 55.3 Å². The number of ether oxygens (including phenoxy) is 1. The van der Waals surface area contributed by atoms with Gasteiger partial charge < -0.3 is 9.64 Å². The lowest BCUT2D eigenvalue weighted by Gasteiger charge is -2.38. The Kier molecular flexibility index (Phi) is 4.50. The van der Waals surface area contributed by atoms with Crippen LogP contribution in [0.25, 0.3) is 10.6 Å². The molecule has 0 aliphatic carbocycles. The van der Waals surface area contributed by atoms with Gasteiger partial charge in [-0.3, -0.25) is 4.79 Å². The number of rotatable bonds is 4. The van der Waals surface area contributed by atoms with E-state index >= 15 is 0 Å². The van der Waals surface area contributed by atoms with Crippen LogP contribution in [0.3, 0.4) is 0 Å². The van der Waals surface area contributed by atoms with E-state index in [0.29, 0.717) is 24.7 Å². The molecule has 1 aliphatic heterocycles. The molecule has 25 heavy (non-hydrogen) atoms. The average molecular weight is 416 g/mol. The van der Waals surface area contributed by atoms with Crippen LogP contribution in [0.1, 0.15) is 10.5 Å². The van der Waals surface area contributed by atoms with Gasteiger partial charge in [0.15, 0.2) is 0 Å². The highest BCUT2D eigenvalue weighted by atomic mass is 79.9. The van der Waals surface area contributed by atoms with Gasteiger partial charge in [0, 0.05) is 17.1 Å². The van der Waals surface area contributed by atoms with Crippen LogP contribution < -0.4 is 4.74 Å². The van der Waals surface area contributed by atoms with E-state index in [-0.39, 0.29) is 12.0 Å². The van der Waals surface area contributed by atoms with Crippen molar-refractivity contribution in [3.05, 3.63) is 64.2 Å². The van der Waals surface area contributed by atoms with Crippen LogP contribution in [-0.4, -0.2) is 40.0 Å². The molecule has 1 amide bonds. The first kappa shape index (κ1) is 16.2. The number of carbonyl (C=O) groups excluding carboxylic acids is 1. The van der Waals surface area contributed by atoms with Gasteiger partial charge in [-0.25, -0.2) is 9.97 Å². The number of likely N-dealkylation sites (tertiary alicyclic amines) is 1. The highest BCUT2D eigenvalue weighted by Crippen LogP contribution is 2.27. The summed E-state index contributed by atoms with van der Waals surface area (Å²) in [5.74, 6) is 0.498. The normalized spacial score (nSPS) is 14.2. The molecule has 0 radical (unpaired) electrons. The van der Waals surface area contributed by atoms with Crippen molar-refractivity contribution in [1.29, 1.82) is 0 Å². The summed E-state index contributed by atoms with van der Waals surface area (Å²) in [7, 11) is 0. The second-order valence-electron chi connectivity index (χ2n) is 5.64. The summed E-state index contributed by atoms with van der Waals surface area (Å²) >= 11 is 4.89. The Bertz CT molecular complexity index is 894. The van der Waals surface area contributed by atoms with Crippen LogP contribution in [0.15, 0.2) is 58.5 Å². The molecule has 3 heterocycles. The van der Waals surface area contributed by atoms with E-state index < -0.39 is 0 Å². The SMILES string of the molecule is O=C(c1csc(-c2ccccc2)n1)N1CC(Oc2ncccc2Br)C1. The zero-order valence-electron chi connectivity index (χ0n) is 13.1. The first-order valence-electron chi connectivity index (χ1n) is 7.78. The molecule has 0 spiro atoms. The number of halogens is 1. The molecule has 5 nitrogen and oxygen atoms in total. The molecule has 4 rings (SSSR count). The second kappa shape index (κ2) is 6.93. The number of hydrogen-bond acceptors (Lipinski definition) is 5. The number of thiazole rings is 1. The number of benzene rings is 1. The van der Waals surface area contributed by atoms with Crippen molar-refractivity contribution < 1.29 is 9.53 Å². The molecule has 1 aromatic carbocycles. The summed E-state index contributed by atoms with van der Waals surface area (Å²) in [6.07, 6.45) is 1.64. The summed E-state index contributed by atoms with van der Waals surface area (Å²) in [5, 5.41) is 2.67. The minimum absolute atomic E-state index is 0.0395. The van der Waals surface area contributed by atoms with Gasteiger partial charge in [-0.1, -0.05) is 30.3 Å². The fourth-order valence-corrected chi connectivity index (χ4v) is 3.69. The molecule has 0 unspecified atom stereocenters. The Hall–Kier alpha value is -2.25. The van der Waals surface area contributed by atoms with Gasteiger partial charge in [0.2, 0.25) is 5.88 Å². The van der Waals surface area contributed by atoms with Crippen LogP contribution in [-0.2, 0) is 0 Å². The minimum Gasteiger partial charge on any atom is -0.470 e. The zero-order chi connectivity index (χ0) is 17.2. The van der Waals surface area contributed by atoms with E-state index in [0.717, 1.165) is 15.0 Å². The first-order valence-corrected chi connectivity index (χ1v) is 9.45. The second-order valence-corrected chi connectivity index (χ2v) is 7.36. The summed E-state index contributed by atoms with van der Waals surface area (Å²) in [5.41, 5.74) is 1.51. The maximum absolute atomic E-state index is 12.5. The third kappa shape index (κ3) is 3.43. The van der Waals surface area contributed by atoms with E-state index in [1.807, 2.05) is 47.8 Å². The van der Waals surface area contributed by atoms with Gasteiger partial charge in [-0.15, -0.1) is 11.3 Å². The number of aromatic nitrogens is 2. The van der Waals surface area contributed by atoms with Gasteiger partial charge in [0.25, 0.3) is 5.91 Å². The smallest absolute Gasteiger partial charge is 0.273 e. The summed E-state index contributed by atoms with van der Waals surface area (Å²) in [6.45, 7) is 1.08. The van der Waals surface area contributed by atoms with Crippen molar-refractivity contribution in [3.8, 4) is 16.5 Å². The molecule has 2 aromatic heterocycles. The van der Waals surface area contributed by atoms with Crippen molar-refractivity contribution >= 4 is 33.2 Å². The average Bonchev–Trinajstić information content (AvgIpc) is 3.09. The Labute approximate surface area is 157 Å². The lowest BCUT2D eigenvalue weighted by Crippen LogP contribution is -2.56. The largest absolute Gasteiger partial charge is 0.470 e. The molecule has 0 saturated carbocycles. The first-order chi connectivity index (χ1) is 12.2. The highest BCUT2D eigenvalue weighted by Gasteiger charge is 2.34. The number of hydrogen-bond donors (Lipinski definition) is 0. The van der Waals surface area contributed by atoms with E-state index in [2.05, 4.69) is 25.9 Å². The molecule has 0 atom stereocenters. The molecule has 0 N–H and O–H groups in total. The van der Waals surface area contributed by atoms with Crippen molar-refractivity contribution in [2.45, 2.75) is 6.10 Å². The Morgan fingerprint density at radius 1 is 1.20 bits per heavy atom. The molecule has 7 heteroatoms. The van der Waals surface area contributed by atoms with E-state index in [1.165, 1.54) is 11.3 Å². The molecule has 0 bridgehead atoms. The minimum atomic E-state index is -0.0571. The molecular weight excluding hydrogens is 402 g/mol. The zero-order valence-corrected chi connectivity index (χ0v) is 15.5. The van der Waals surface area contributed by atoms with Gasteiger partial charge in [-0.05, 0) is 28.1 Å². The summed E-state index contributed by atoms with van der Waals surface area (Å²) in [6, 6.07) is 13.6. The van der Waals surface area contributed by atoms with E-state index in [4.69, 9.17) is 4.74 Å². The van der Waals surface area contributed by atoms with Crippen LogP contribution in [0, 0.1) is 0 Å². The predicted octanol–water partition coefficient (Wildman–Crippen LogP) is 3.87. The van der Waals surface area contributed by atoms with Crippen molar-refractivity contribution in [2.24, 2.45) is 0 Å². The maximum atomic E-state index is 12.5. The number of carbonyl (C=O) groups is 1.